The number of hydrogen-bond acceptors (Lipinski definition) is 6. The first kappa shape index (κ1) is 14.7. The first-order valence-electron chi connectivity index (χ1n) is 7.08. The number of carbonyl (C=O) groups excluding carboxylic acids is 2. The third-order valence-electron chi connectivity index (χ3n) is 4.54. The van der Waals surface area contributed by atoms with Crippen LogP contribution >= 0.6 is 12.2 Å². The maximum Gasteiger partial charge on any atom is 0.328 e. The first-order valence-corrected chi connectivity index (χ1v) is 7.49. The Labute approximate surface area is 128 Å². The Morgan fingerprint density at radius 2 is 2.24 bits per heavy atom. The number of ether oxygens (including phenoxy) is 2. The highest BCUT2D eigenvalue weighted by atomic mass is 32.1. The summed E-state index contributed by atoms with van der Waals surface area (Å²) in [7, 11) is 1.46. The standard InChI is InChI=1S/C13H19N3O4S/c1-7(2)20-10(18)12-6-4-5-8(12)13(19-3)9(17)14-11(21)16(13)15-12/h7-8,15H,4-6H2,1-3H3,(H,14,17,21)/t8-,12+,13+/m0/s1. The van der Waals surface area contributed by atoms with E-state index >= 15 is 0 Å². The average molecular weight is 313 g/mol. The van der Waals surface area contributed by atoms with Crippen molar-refractivity contribution in [3.8, 4) is 0 Å². The molecule has 1 aliphatic carbocycles. The van der Waals surface area contributed by atoms with Crippen LogP contribution in [0.25, 0.3) is 0 Å². The number of esters is 1. The number of methoxy groups -OCH3 is 1. The van der Waals surface area contributed by atoms with Gasteiger partial charge >= 0.3 is 5.97 Å². The molecule has 2 heterocycles. The summed E-state index contributed by atoms with van der Waals surface area (Å²) in [5, 5.41) is 4.31. The monoisotopic (exact) mass is 313 g/mol. The van der Waals surface area contributed by atoms with E-state index in [1.807, 2.05) is 0 Å². The molecular formula is C13H19N3O4S. The van der Waals surface area contributed by atoms with Gasteiger partial charge in [0.1, 0.15) is 5.54 Å². The summed E-state index contributed by atoms with van der Waals surface area (Å²) in [6.07, 6.45) is 1.90. The smallest absolute Gasteiger partial charge is 0.328 e. The predicted molar refractivity (Wildman–Crippen MR) is 76.8 cm³/mol. The predicted octanol–water partition coefficient (Wildman–Crippen LogP) is 0.0545. The van der Waals surface area contributed by atoms with Gasteiger partial charge in [-0.15, -0.1) is 0 Å². The van der Waals surface area contributed by atoms with Crippen molar-refractivity contribution in [3.63, 3.8) is 0 Å². The molecule has 0 aromatic heterocycles. The molecule has 116 valence electrons. The van der Waals surface area contributed by atoms with Gasteiger partial charge in [-0.2, -0.15) is 0 Å². The van der Waals surface area contributed by atoms with Crippen molar-refractivity contribution in [1.29, 1.82) is 0 Å². The first-order chi connectivity index (χ1) is 9.88. The topological polar surface area (TPSA) is 79.9 Å². The molecule has 0 aromatic carbocycles. The normalized spacial score (nSPS) is 37.7. The van der Waals surface area contributed by atoms with Gasteiger partial charge in [0.15, 0.2) is 5.11 Å². The second-order valence-electron chi connectivity index (χ2n) is 5.98. The van der Waals surface area contributed by atoms with Crippen LogP contribution < -0.4 is 10.7 Å². The van der Waals surface area contributed by atoms with Crippen molar-refractivity contribution >= 4 is 29.2 Å². The molecule has 0 radical (unpaired) electrons. The van der Waals surface area contributed by atoms with Gasteiger partial charge < -0.3 is 9.47 Å². The van der Waals surface area contributed by atoms with Crippen LogP contribution in [0.3, 0.4) is 0 Å². The lowest BCUT2D eigenvalue weighted by Gasteiger charge is -2.31. The van der Waals surface area contributed by atoms with Gasteiger partial charge in [0.25, 0.3) is 5.91 Å². The Balaban J connectivity index is 2.03. The Bertz CT molecular complexity index is 526. The quantitative estimate of drug-likeness (QED) is 0.563. The Kier molecular flexibility index (Phi) is 3.23. The molecule has 2 aliphatic heterocycles. The van der Waals surface area contributed by atoms with E-state index in [0.29, 0.717) is 12.8 Å². The summed E-state index contributed by atoms with van der Waals surface area (Å²) in [6, 6.07) is 0. The highest BCUT2D eigenvalue weighted by molar-refractivity contribution is 7.80. The van der Waals surface area contributed by atoms with E-state index in [-0.39, 0.29) is 29.0 Å². The van der Waals surface area contributed by atoms with Crippen molar-refractivity contribution in [2.75, 3.05) is 7.11 Å². The molecule has 7 nitrogen and oxygen atoms in total. The molecule has 3 rings (SSSR count). The molecule has 3 fully saturated rings. The van der Waals surface area contributed by atoms with Crippen molar-refractivity contribution in [3.05, 3.63) is 0 Å². The van der Waals surface area contributed by atoms with Crippen LogP contribution in [0.4, 0.5) is 0 Å². The van der Waals surface area contributed by atoms with Gasteiger partial charge in [-0.25, -0.2) is 15.2 Å². The second-order valence-corrected chi connectivity index (χ2v) is 6.36. The largest absolute Gasteiger partial charge is 0.462 e. The highest BCUT2D eigenvalue weighted by Crippen LogP contribution is 2.52. The molecule has 3 atom stereocenters. The number of carbonyl (C=O) groups is 2. The molecular weight excluding hydrogens is 294 g/mol. The summed E-state index contributed by atoms with van der Waals surface area (Å²) < 4.78 is 11.0. The van der Waals surface area contributed by atoms with Crippen molar-refractivity contribution in [1.82, 2.24) is 15.8 Å². The minimum Gasteiger partial charge on any atom is -0.462 e. The van der Waals surface area contributed by atoms with Crippen LogP contribution in [0, 0.1) is 5.92 Å². The molecule has 0 unspecified atom stereocenters. The van der Waals surface area contributed by atoms with E-state index < -0.39 is 11.3 Å². The lowest BCUT2D eigenvalue weighted by atomic mass is 9.81. The molecule has 8 heteroatoms. The maximum absolute atomic E-state index is 12.6. The molecule has 1 saturated carbocycles. The Morgan fingerprint density at radius 3 is 2.86 bits per heavy atom. The summed E-state index contributed by atoms with van der Waals surface area (Å²) in [6.45, 7) is 3.61. The van der Waals surface area contributed by atoms with Gasteiger partial charge in [-0.1, -0.05) is 6.42 Å². The van der Waals surface area contributed by atoms with Crippen LogP contribution in [-0.2, 0) is 19.1 Å². The van der Waals surface area contributed by atoms with Crippen molar-refractivity contribution in [2.24, 2.45) is 5.92 Å². The summed E-state index contributed by atoms with van der Waals surface area (Å²) in [4.78, 5) is 25.0. The molecule has 0 aromatic rings. The van der Waals surface area contributed by atoms with E-state index in [2.05, 4.69) is 10.7 Å². The zero-order chi connectivity index (χ0) is 15.4. The number of hydrazine groups is 1. The third-order valence-corrected chi connectivity index (χ3v) is 4.83. The Hall–Kier alpha value is -1.25. The fourth-order valence-electron chi connectivity index (χ4n) is 3.75. The van der Waals surface area contributed by atoms with Crippen LogP contribution in [-0.4, -0.2) is 46.5 Å². The Morgan fingerprint density at radius 1 is 1.52 bits per heavy atom. The van der Waals surface area contributed by atoms with Gasteiger partial charge in [0, 0.05) is 13.0 Å². The fourth-order valence-corrected chi connectivity index (χ4v) is 4.02. The highest BCUT2D eigenvalue weighted by Gasteiger charge is 2.74. The number of nitrogens with one attached hydrogen (secondary N) is 2. The zero-order valence-electron chi connectivity index (χ0n) is 12.3. The van der Waals surface area contributed by atoms with E-state index in [1.165, 1.54) is 12.1 Å². The van der Waals surface area contributed by atoms with Gasteiger partial charge in [0.2, 0.25) is 5.72 Å². The molecule has 3 aliphatic rings. The summed E-state index contributed by atoms with van der Waals surface area (Å²) in [5.74, 6) is -1.00. The van der Waals surface area contributed by atoms with Gasteiger partial charge in [-0.3, -0.25) is 10.1 Å². The molecule has 0 spiro atoms. The van der Waals surface area contributed by atoms with Crippen molar-refractivity contribution in [2.45, 2.75) is 50.5 Å². The van der Waals surface area contributed by atoms with Gasteiger partial charge in [-0.05, 0) is 38.9 Å². The van der Waals surface area contributed by atoms with E-state index in [1.54, 1.807) is 13.8 Å². The van der Waals surface area contributed by atoms with Gasteiger partial charge in [0.05, 0.1) is 6.10 Å². The van der Waals surface area contributed by atoms with E-state index in [4.69, 9.17) is 21.7 Å². The van der Waals surface area contributed by atoms with E-state index in [0.717, 1.165) is 6.42 Å². The second kappa shape index (κ2) is 4.62. The summed E-state index contributed by atoms with van der Waals surface area (Å²) >= 11 is 5.17. The average Bonchev–Trinajstić information content (AvgIpc) is 2.99. The van der Waals surface area contributed by atoms with Crippen LogP contribution in [0.2, 0.25) is 0 Å². The summed E-state index contributed by atoms with van der Waals surface area (Å²) in [5.41, 5.74) is 0.912. The van der Waals surface area contributed by atoms with Crippen LogP contribution in [0.15, 0.2) is 0 Å². The molecule has 21 heavy (non-hydrogen) atoms. The van der Waals surface area contributed by atoms with Crippen LogP contribution in [0.5, 0.6) is 0 Å². The number of rotatable bonds is 3. The number of hydrogen-bond donors (Lipinski definition) is 2. The SMILES string of the molecule is CO[C@]12C(=O)NC(=S)N1N[C@]1(C(=O)OC(C)C)CCC[C@@H]12. The molecule has 1 amide bonds. The lowest BCUT2D eigenvalue weighted by Crippen LogP contribution is -2.55. The molecule has 2 N–H and O–H groups in total. The molecule has 0 bridgehead atoms. The number of fused-ring (bicyclic) bond motifs is 3. The number of thiocarbonyl (C=S) groups is 1. The van der Waals surface area contributed by atoms with Crippen LogP contribution in [0.1, 0.15) is 33.1 Å². The lowest BCUT2D eigenvalue weighted by molar-refractivity contribution is -0.163. The van der Waals surface area contributed by atoms with Crippen molar-refractivity contribution < 1.29 is 19.1 Å². The fraction of sp³-hybridized carbons (Fsp3) is 0.769. The van der Waals surface area contributed by atoms with E-state index in [9.17, 15) is 9.59 Å². The number of amides is 1. The molecule has 2 saturated heterocycles. The third kappa shape index (κ3) is 1.69. The zero-order valence-corrected chi connectivity index (χ0v) is 13.1. The minimum atomic E-state index is -1.26. The maximum atomic E-state index is 12.6. The number of nitrogens with zero attached hydrogens (tertiary/aromatic N) is 1. The minimum absolute atomic E-state index is 0.218.